The van der Waals surface area contributed by atoms with E-state index in [0.717, 1.165) is 22.2 Å². The van der Waals surface area contributed by atoms with Crippen LogP contribution in [0.4, 0.5) is 0 Å². The molecular weight excluding hydrogens is 302 g/mol. The van der Waals surface area contributed by atoms with Crippen LogP contribution >= 0.6 is 11.6 Å². The van der Waals surface area contributed by atoms with Crippen molar-refractivity contribution in [2.75, 3.05) is 0 Å². The number of halogens is 1. The zero-order valence-corrected chi connectivity index (χ0v) is 12.4. The molecule has 1 heterocycles. The number of H-pyrrole nitrogens is 2. The van der Waals surface area contributed by atoms with Gasteiger partial charge in [0.1, 0.15) is 0 Å². The van der Waals surface area contributed by atoms with Crippen LogP contribution in [0.2, 0.25) is 5.02 Å². The standard InChI is InChI=1S/C16H14ClN3O2/c17-12-4-1-10(2-5-12)8-15(21)18-9-11-3-6-13-14(7-11)20-16(22)19-13/h1-7H,8-9H2,(H,18,21)(H2,19,20,22). The van der Waals surface area contributed by atoms with Crippen LogP contribution in [-0.4, -0.2) is 15.9 Å². The van der Waals surface area contributed by atoms with Gasteiger partial charge in [-0.2, -0.15) is 0 Å². The Morgan fingerprint density at radius 3 is 2.45 bits per heavy atom. The summed E-state index contributed by atoms with van der Waals surface area (Å²) in [4.78, 5) is 28.5. The first kappa shape index (κ1) is 14.4. The first-order chi connectivity index (χ1) is 10.6. The summed E-state index contributed by atoms with van der Waals surface area (Å²) in [6.45, 7) is 0.412. The number of nitrogens with one attached hydrogen (secondary N) is 3. The van der Waals surface area contributed by atoms with Crippen LogP contribution in [0, 0.1) is 0 Å². The van der Waals surface area contributed by atoms with Gasteiger partial charge in [-0.05, 0) is 35.4 Å². The average molecular weight is 316 g/mol. The molecule has 112 valence electrons. The highest BCUT2D eigenvalue weighted by atomic mass is 35.5. The first-order valence-electron chi connectivity index (χ1n) is 6.82. The molecule has 2 aromatic carbocycles. The van der Waals surface area contributed by atoms with Crippen molar-refractivity contribution in [3.63, 3.8) is 0 Å². The number of carbonyl (C=O) groups excluding carboxylic acids is 1. The van der Waals surface area contributed by atoms with E-state index in [1.165, 1.54) is 0 Å². The number of amides is 1. The molecule has 1 aromatic heterocycles. The number of aromatic nitrogens is 2. The molecular formula is C16H14ClN3O2. The van der Waals surface area contributed by atoms with E-state index in [1.54, 1.807) is 12.1 Å². The molecule has 0 bridgehead atoms. The molecule has 0 aliphatic heterocycles. The van der Waals surface area contributed by atoms with Crippen LogP contribution in [0.3, 0.4) is 0 Å². The zero-order chi connectivity index (χ0) is 15.5. The second-order valence-corrected chi connectivity index (χ2v) is 5.48. The van der Waals surface area contributed by atoms with Gasteiger partial charge in [-0.3, -0.25) is 4.79 Å². The third-order valence-corrected chi connectivity index (χ3v) is 3.60. The molecule has 3 N–H and O–H groups in total. The molecule has 0 atom stereocenters. The molecule has 0 unspecified atom stereocenters. The van der Waals surface area contributed by atoms with Crippen LogP contribution in [0.5, 0.6) is 0 Å². The summed E-state index contributed by atoms with van der Waals surface area (Å²) < 4.78 is 0. The maximum atomic E-state index is 11.9. The number of fused-ring (bicyclic) bond motifs is 1. The second-order valence-electron chi connectivity index (χ2n) is 5.04. The lowest BCUT2D eigenvalue weighted by Gasteiger charge is -2.06. The van der Waals surface area contributed by atoms with Crippen LogP contribution in [0.15, 0.2) is 47.3 Å². The van der Waals surface area contributed by atoms with Gasteiger partial charge < -0.3 is 15.3 Å². The summed E-state index contributed by atoms with van der Waals surface area (Å²) in [6.07, 6.45) is 0.306. The molecule has 5 nitrogen and oxygen atoms in total. The van der Waals surface area contributed by atoms with E-state index in [2.05, 4.69) is 15.3 Å². The Hall–Kier alpha value is -2.53. The monoisotopic (exact) mass is 315 g/mol. The second kappa shape index (κ2) is 6.07. The molecule has 6 heteroatoms. The van der Waals surface area contributed by atoms with Crippen molar-refractivity contribution in [3.8, 4) is 0 Å². The largest absolute Gasteiger partial charge is 0.352 e. The Bertz CT molecular complexity index is 865. The van der Waals surface area contributed by atoms with Gasteiger partial charge in [0.2, 0.25) is 5.91 Å². The molecule has 0 fully saturated rings. The van der Waals surface area contributed by atoms with E-state index in [1.807, 2.05) is 30.3 Å². The summed E-state index contributed by atoms with van der Waals surface area (Å²) in [5.41, 5.74) is 3.08. The van der Waals surface area contributed by atoms with Crippen LogP contribution in [0.25, 0.3) is 11.0 Å². The molecule has 0 saturated heterocycles. The Morgan fingerprint density at radius 1 is 1.00 bits per heavy atom. The SMILES string of the molecule is O=C(Cc1ccc(Cl)cc1)NCc1ccc2[nH]c(=O)[nH]c2c1. The Labute approximate surface area is 131 Å². The fourth-order valence-electron chi connectivity index (χ4n) is 2.24. The maximum Gasteiger partial charge on any atom is 0.323 e. The van der Waals surface area contributed by atoms with Gasteiger partial charge >= 0.3 is 5.69 Å². The van der Waals surface area contributed by atoms with Crippen LogP contribution in [-0.2, 0) is 17.8 Å². The minimum absolute atomic E-state index is 0.0648. The fourth-order valence-corrected chi connectivity index (χ4v) is 2.37. The summed E-state index contributed by atoms with van der Waals surface area (Å²) >= 11 is 5.81. The van der Waals surface area contributed by atoms with Crippen molar-refractivity contribution in [2.45, 2.75) is 13.0 Å². The van der Waals surface area contributed by atoms with Crippen molar-refractivity contribution in [2.24, 2.45) is 0 Å². The minimum atomic E-state index is -0.237. The predicted octanol–water partition coefficient (Wildman–Crippen LogP) is 2.37. The molecule has 0 spiro atoms. The molecule has 0 radical (unpaired) electrons. The van der Waals surface area contributed by atoms with Gasteiger partial charge in [0.15, 0.2) is 0 Å². The van der Waals surface area contributed by atoms with Crippen LogP contribution in [0.1, 0.15) is 11.1 Å². The van der Waals surface area contributed by atoms with E-state index in [0.29, 0.717) is 18.0 Å². The van der Waals surface area contributed by atoms with Gasteiger partial charge in [0, 0.05) is 11.6 Å². The molecule has 0 aliphatic rings. The summed E-state index contributed by atoms with van der Waals surface area (Å²) in [5.74, 6) is -0.0648. The lowest BCUT2D eigenvalue weighted by molar-refractivity contribution is -0.120. The number of imidazole rings is 1. The van der Waals surface area contributed by atoms with Gasteiger partial charge in [0.25, 0.3) is 0 Å². The minimum Gasteiger partial charge on any atom is -0.352 e. The Kier molecular flexibility index (Phi) is 3.98. The van der Waals surface area contributed by atoms with Gasteiger partial charge in [-0.25, -0.2) is 4.79 Å². The highest BCUT2D eigenvalue weighted by Crippen LogP contribution is 2.11. The van der Waals surface area contributed by atoms with E-state index < -0.39 is 0 Å². The van der Waals surface area contributed by atoms with Crippen molar-refractivity contribution in [3.05, 3.63) is 69.1 Å². The number of carbonyl (C=O) groups is 1. The average Bonchev–Trinajstić information content (AvgIpc) is 2.87. The van der Waals surface area contributed by atoms with Gasteiger partial charge in [-0.15, -0.1) is 0 Å². The van der Waals surface area contributed by atoms with Gasteiger partial charge in [-0.1, -0.05) is 29.8 Å². The summed E-state index contributed by atoms with van der Waals surface area (Å²) in [6, 6.07) is 12.7. The summed E-state index contributed by atoms with van der Waals surface area (Å²) in [7, 11) is 0. The zero-order valence-electron chi connectivity index (χ0n) is 11.7. The van der Waals surface area contributed by atoms with Crippen LogP contribution < -0.4 is 11.0 Å². The highest BCUT2D eigenvalue weighted by molar-refractivity contribution is 6.30. The van der Waals surface area contributed by atoms with Crippen molar-refractivity contribution >= 4 is 28.5 Å². The first-order valence-corrected chi connectivity index (χ1v) is 7.20. The number of hydrogen-bond donors (Lipinski definition) is 3. The number of aromatic amines is 2. The molecule has 0 aliphatic carbocycles. The number of rotatable bonds is 4. The fraction of sp³-hybridized carbons (Fsp3) is 0.125. The molecule has 3 aromatic rings. The normalized spacial score (nSPS) is 10.8. The van der Waals surface area contributed by atoms with E-state index >= 15 is 0 Å². The number of benzene rings is 2. The maximum absolute atomic E-state index is 11.9. The quantitative estimate of drug-likeness (QED) is 0.691. The number of hydrogen-bond acceptors (Lipinski definition) is 2. The van der Waals surface area contributed by atoms with E-state index in [-0.39, 0.29) is 11.6 Å². The predicted molar refractivity (Wildman–Crippen MR) is 85.9 cm³/mol. The summed E-state index contributed by atoms with van der Waals surface area (Å²) in [5, 5.41) is 3.51. The van der Waals surface area contributed by atoms with Gasteiger partial charge in [0.05, 0.1) is 17.5 Å². The van der Waals surface area contributed by atoms with Crippen molar-refractivity contribution in [1.82, 2.24) is 15.3 Å². The van der Waals surface area contributed by atoms with Crippen molar-refractivity contribution in [1.29, 1.82) is 0 Å². The Balaban J connectivity index is 1.61. The van der Waals surface area contributed by atoms with E-state index in [4.69, 9.17) is 11.6 Å². The molecule has 0 saturated carbocycles. The lowest BCUT2D eigenvalue weighted by atomic mass is 10.1. The van der Waals surface area contributed by atoms with E-state index in [9.17, 15) is 9.59 Å². The molecule has 22 heavy (non-hydrogen) atoms. The smallest absolute Gasteiger partial charge is 0.323 e. The lowest BCUT2D eigenvalue weighted by Crippen LogP contribution is -2.24. The highest BCUT2D eigenvalue weighted by Gasteiger charge is 2.05. The Morgan fingerprint density at radius 2 is 1.68 bits per heavy atom. The third-order valence-electron chi connectivity index (χ3n) is 3.35. The molecule has 3 rings (SSSR count). The third kappa shape index (κ3) is 3.38. The topological polar surface area (TPSA) is 77.8 Å². The molecule has 1 amide bonds. The van der Waals surface area contributed by atoms with Crippen molar-refractivity contribution < 1.29 is 4.79 Å².